The van der Waals surface area contributed by atoms with Crippen LogP contribution in [-0.4, -0.2) is 80.7 Å². The van der Waals surface area contributed by atoms with E-state index in [1.807, 2.05) is 39.8 Å². The molecule has 0 spiro atoms. The molecule has 6 rings (SSSR count). The van der Waals surface area contributed by atoms with Gasteiger partial charge in [0.2, 0.25) is 5.88 Å². The topological polar surface area (TPSA) is 85.6 Å². The van der Waals surface area contributed by atoms with Crippen LogP contribution in [0.4, 0.5) is 0 Å². The maximum Gasteiger partial charge on any atom is 0.260 e. The molecule has 10 heteroatoms. The van der Waals surface area contributed by atoms with E-state index in [-0.39, 0.29) is 18.1 Å². The molecule has 0 bridgehead atoms. The Morgan fingerprint density at radius 3 is 2.54 bits per heavy atom. The molecule has 2 aromatic carbocycles. The van der Waals surface area contributed by atoms with Gasteiger partial charge in [-0.15, -0.1) is 0 Å². The summed E-state index contributed by atoms with van der Waals surface area (Å²) in [5, 5.41) is 0.466. The number of rotatable bonds is 8. The Bertz CT molecular complexity index is 1500. The highest BCUT2D eigenvalue weighted by molar-refractivity contribution is 6.33. The second-order valence-corrected chi connectivity index (χ2v) is 10.9. The Morgan fingerprint density at radius 2 is 1.82 bits per heavy atom. The van der Waals surface area contributed by atoms with E-state index < -0.39 is 0 Å². The Morgan fingerprint density at radius 1 is 1.05 bits per heavy atom. The van der Waals surface area contributed by atoms with Gasteiger partial charge in [-0.05, 0) is 50.6 Å². The molecule has 202 valence electrons. The van der Waals surface area contributed by atoms with Crippen molar-refractivity contribution in [2.24, 2.45) is 0 Å². The molecule has 1 amide bonds. The molecule has 0 N–H and O–H groups in total. The molecule has 4 aromatic rings. The van der Waals surface area contributed by atoms with Crippen molar-refractivity contribution in [3.63, 3.8) is 0 Å². The molecule has 9 nitrogen and oxygen atoms in total. The standard InChI is InChI=1S/C29H31ClN6O3/c1-29(10-11-29)39-28-25-27(31-19-32-28)36(17-20-6-4-3-5-7-20)26(33-25)22-9-8-21(16-23(22)30)38-18-24(37)35-14-12-34(2)13-15-35/h3-9,16,19H,10-15,17-18H2,1-2H3. The number of piperazine rings is 1. The highest BCUT2D eigenvalue weighted by Crippen LogP contribution is 2.41. The van der Waals surface area contributed by atoms with Crippen molar-refractivity contribution in [3.05, 3.63) is 65.4 Å². The Hall–Kier alpha value is -3.69. The first kappa shape index (κ1) is 25.6. The largest absolute Gasteiger partial charge is 0.484 e. The maximum absolute atomic E-state index is 12.6. The fourth-order valence-corrected chi connectivity index (χ4v) is 4.94. The van der Waals surface area contributed by atoms with Crippen molar-refractivity contribution >= 4 is 28.7 Å². The maximum atomic E-state index is 12.6. The SMILES string of the molecule is CN1CCN(C(=O)COc2ccc(-c3nc4c(OC5(C)CC5)ncnc4n3Cc3ccccc3)c(Cl)c2)CC1. The number of benzene rings is 2. The Labute approximate surface area is 232 Å². The van der Waals surface area contributed by atoms with Gasteiger partial charge in [-0.25, -0.2) is 9.97 Å². The monoisotopic (exact) mass is 546 g/mol. The Balaban J connectivity index is 1.29. The molecule has 39 heavy (non-hydrogen) atoms. The number of hydrogen-bond donors (Lipinski definition) is 0. The molecule has 1 saturated heterocycles. The first-order valence-electron chi connectivity index (χ1n) is 13.2. The van der Waals surface area contributed by atoms with Crippen LogP contribution in [0, 0.1) is 0 Å². The summed E-state index contributed by atoms with van der Waals surface area (Å²) in [6, 6.07) is 15.6. The number of nitrogens with zero attached hydrogens (tertiary/aromatic N) is 6. The van der Waals surface area contributed by atoms with E-state index >= 15 is 0 Å². The van der Waals surface area contributed by atoms with Crippen LogP contribution in [0.15, 0.2) is 54.9 Å². The predicted octanol–water partition coefficient (Wildman–Crippen LogP) is 4.28. The van der Waals surface area contributed by atoms with Gasteiger partial charge in [0, 0.05) is 31.7 Å². The van der Waals surface area contributed by atoms with Crippen molar-refractivity contribution in [1.29, 1.82) is 0 Å². The zero-order valence-electron chi connectivity index (χ0n) is 22.1. The molecule has 1 aliphatic carbocycles. The molecule has 1 aliphatic heterocycles. The second kappa shape index (κ2) is 10.5. The highest BCUT2D eigenvalue weighted by atomic mass is 35.5. The number of ether oxygens (including phenoxy) is 2. The molecule has 2 aliphatic rings. The van der Waals surface area contributed by atoms with Gasteiger partial charge in [0.25, 0.3) is 5.91 Å². The number of hydrogen-bond acceptors (Lipinski definition) is 7. The van der Waals surface area contributed by atoms with E-state index in [1.54, 1.807) is 6.07 Å². The molecular weight excluding hydrogens is 516 g/mol. The lowest BCUT2D eigenvalue weighted by molar-refractivity contribution is -0.134. The van der Waals surface area contributed by atoms with E-state index in [1.165, 1.54) is 6.33 Å². The first-order valence-corrected chi connectivity index (χ1v) is 13.6. The third kappa shape index (κ3) is 5.55. The van der Waals surface area contributed by atoms with Crippen LogP contribution in [0.25, 0.3) is 22.6 Å². The fourth-order valence-electron chi connectivity index (χ4n) is 4.68. The zero-order chi connectivity index (χ0) is 27.0. The van der Waals surface area contributed by atoms with Crippen LogP contribution in [0.3, 0.4) is 0 Å². The van der Waals surface area contributed by atoms with Gasteiger partial charge in [0.15, 0.2) is 17.8 Å². The summed E-state index contributed by atoms with van der Waals surface area (Å²) >= 11 is 6.80. The van der Waals surface area contributed by atoms with E-state index in [2.05, 4.69) is 41.0 Å². The van der Waals surface area contributed by atoms with Crippen LogP contribution >= 0.6 is 11.6 Å². The van der Waals surface area contributed by atoms with E-state index in [4.69, 9.17) is 26.1 Å². The average molecular weight is 547 g/mol. The van der Waals surface area contributed by atoms with E-state index in [9.17, 15) is 4.79 Å². The fraction of sp³-hybridized carbons (Fsp3) is 0.379. The third-order valence-electron chi connectivity index (χ3n) is 7.38. The number of aromatic nitrogens is 4. The lowest BCUT2D eigenvalue weighted by Gasteiger charge is -2.32. The van der Waals surface area contributed by atoms with Gasteiger partial charge in [-0.3, -0.25) is 4.79 Å². The third-order valence-corrected chi connectivity index (χ3v) is 7.69. The molecule has 0 atom stereocenters. The summed E-state index contributed by atoms with van der Waals surface area (Å²) in [4.78, 5) is 30.6. The summed E-state index contributed by atoms with van der Waals surface area (Å²) < 4.78 is 14.1. The highest BCUT2D eigenvalue weighted by Gasteiger charge is 2.41. The minimum Gasteiger partial charge on any atom is -0.484 e. The van der Waals surface area contributed by atoms with Gasteiger partial charge in [-0.1, -0.05) is 41.9 Å². The lowest BCUT2D eigenvalue weighted by Crippen LogP contribution is -2.48. The average Bonchev–Trinajstić information content (AvgIpc) is 3.56. The summed E-state index contributed by atoms with van der Waals surface area (Å²) in [5.41, 5.74) is 2.91. The molecule has 2 aromatic heterocycles. The Kier molecular flexibility index (Phi) is 6.86. The normalized spacial score (nSPS) is 16.8. The summed E-state index contributed by atoms with van der Waals surface area (Å²) in [7, 11) is 2.06. The van der Waals surface area contributed by atoms with Crippen LogP contribution in [0.5, 0.6) is 11.6 Å². The summed E-state index contributed by atoms with van der Waals surface area (Å²) in [6.07, 6.45) is 3.49. The van der Waals surface area contributed by atoms with Gasteiger partial charge in [-0.2, -0.15) is 4.98 Å². The van der Waals surface area contributed by atoms with Crippen molar-refractivity contribution in [3.8, 4) is 23.0 Å². The number of carbonyl (C=O) groups is 1. The number of carbonyl (C=O) groups excluding carboxylic acids is 1. The van der Waals surface area contributed by atoms with Crippen LogP contribution in [0.2, 0.25) is 5.02 Å². The molecule has 0 unspecified atom stereocenters. The number of amides is 1. The minimum atomic E-state index is -0.206. The summed E-state index contributed by atoms with van der Waals surface area (Å²) in [6.45, 7) is 5.76. The van der Waals surface area contributed by atoms with Gasteiger partial charge < -0.3 is 23.8 Å². The minimum absolute atomic E-state index is 0.0246. The number of halogens is 1. The first-order chi connectivity index (χ1) is 18.9. The number of imidazole rings is 1. The van der Waals surface area contributed by atoms with E-state index in [0.717, 1.165) is 37.1 Å². The number of fused-ring (bicyclic) bond motifs is 1. The summed E-state index contributed by atoms with van der Waals surface area (Å²) in [5.74, 6) is 1.64. The van der Waals surface area contributed by atoms with Crippen molar-refractivity contribution in [2.75, 3.05) is 39.8 Å². The van der Waals surface area contributed by atoms with Crippen molar-refractivity contribution in [2.45, 2.75) is 31.9 Å². The van der Waals surface area contributed by atoms with E-state index in [0.29, 0.717) is 53.3 Å². The van der Waals surface area contributed by atoms with Gasteiger partial charge in [0.1, 0.15) is 23.5 Å². The lowest BCUT2D eigenvalue weighted by atomic mass is 10.2. The molecule has 2 fully saturated rings. The van der Waals surface area contributed by atoms with Crippen molar-refractivity contribution < 1.29 is 14.3 Å². The molecular formula is C29H31ClN6O3. The molecule has 1 saturated carbocycles. The van der Waals surface area contributed by atoms with Gasteiger partial charge in [0.05, 0.1) is 11.6 Å². The number of likely N-dealkylation sites (N-methyl/N-ethyl adjacent to an activating group) is 1. The van der Waals surface area contributed by atoms with Crippen molar-refractivity contribution in [1.82, 2.24) is 29.3 Å². The predicted molar refractivity (Wildman–Crippen MR) is 149 cm³/mol. The van der Waals surface area contributed by atoms with Crippen LogP contribution < -0.4 is 9.47 Å². The smallest absolute Gasteiger partial charge is 0.260 e. The van der Waals surface area contributed by atoms with Crippen LogP contribution in [0.1, 0.15) is 25.3 Å². The molecule has 0 radical (unpaired) electrons. The second-order valence-electron chi connectivity index (χ2n) is 10.5. The van der Waals surface area contributed by atoms with Crippen LogP contribution in [-0.2, 0) is 11.3 Å². The van der Waals surface area contributed by atoms with Gasteiger partial charge >= 0.3 is 0 Å². The molecule has 3 heterocycles. The zero-order valence-corrected chi connectivity index (χ0v) is 22.9. The quantitative estimate of drug-likeness (QED) is 0.326.